The maximum atomic E-state index is 13.5. The number of nitrogens with two attached hydrogens (primary N) is 1. The van der Waals surface area contributed by atoms with Crippen molar-refractivity contribution in [2.45, 2.75) is 64.2 Å². The van der Waals surface area contributed by atoms with Gasteiger partial charge in [-0.05, 0) is 26.2 Å². The maximum absolute atomic E-state index is 13.5. The SMILES string of the molecule is CCCC(C)(CC)N1CC(N)CC(F)C1. The van der Waals surface area contributed by atoms with Crippen molar-refractivity contribution in [2.24, 2.45) is 5.73 Å². The summed E-state index contributed by atoms with van der Waals surface area (Å²) in [6.45, 7) is 8.03. The van der Waals surface area contributed by atoms with Gasteiger partial charge in [0.05, 0.1) is 0 Å². The number of alkyl halides is 1. The third-order valence-corrected chi connectivity index (χ3v) is 3.75. The monoisotopic (exact) mass is 216 g/mol. The minimum atomic E-state index is -0.739. The minimum Gasteiger partial charge on any atom is -0.326 e. The van der Waals surface area contributed by atoms with E-state index in [9.17, 15) is 4.39 Å². The van der Waals surface area contributed by atoms with Crippen LogP contribution < -0.4 is 5.73 Å². The fourth-order valence-electron chi connectivity index (χ4n) is 2.61. The standard InChI is InChI=1S/C12H25FN2/c1-4-6-12(3,5-2)15-8-10(13)7-11(14)9-15/h10-11H,4-9,14H2,1-3H3. The summed E-state index contributed by atoms with van der Waals surface area (Å²) in [4.78, 5) is 2.26. The highest BCUT2D eigenvalue weighted by molar-refractivity contribution is 4.92. The Kier molecular flexibility index (Phi) is 4.53. The van der Waals surface area contributed by atoms with Crippen molar-refractivity contribution in [2.75, 3.05) is 13.1 Å². The summed E-state index contributed by atoms with van der Waals surface area (Å²) < 4.78 is 13.5. The zero-order valence-corrected chi connectivity index (χ0v) is 10.3. The Bertz CT molecular complexity index is 188. The van der Waals surface area contributed by atoms with E-state index in [0.29, 0.717) is 13.0 Å². The van der Waals surface area contributed by atoms with Gasteiger partial charge in [0.1, 0.15) is 6.17 Å². The summed E-state index contributed by atoms with van der Waals surface area (Å²) in [6.07, 6.45) is 3.13. The topological polar surface area (TPSA) is 29.3 Å². The van der Waals surface area contributed by atoms with Gasteiger partial charge in [-0.1, -0.05) is 20.3 Å². The first-order valence-corrected chi connectivity index (χ1v) is 6.16. The second kappa shape index (κ2) is 5.26. The molecule has 0 amide bonds. The molecule has 2 N–H and O–H groups in total. The molecule has 0 aliphatic carbocycles. The summed E-state index contributed by atoms with van der Waals surface area (Å²) in [7, 11) is 0. The molecule has 0 bridgehead atoms. The highest BCUT2D eigenvalue weighted by atomic mass is 19.1. The van der Waals surface area contributed by atoms with Gasteiger partial charge in [0, 0.05) is 24.7 Å². The first-order valence-electron chi connectivity index (χ1n) is 6.16. The Balaban J connectivity index is 2.66. The molecule has 3 unspecified atom stereocenters. The number of rotatable bonds is 4. The molecule has 2 nitrogen and oxygen atoms in total. The van der Waals surface area contributed by atoms with E-state index in [0.717, 1.165) is 25.8 Å². The third kappa shape index (κ3) is 3.15. The Hall–Kier alpha value is -0.150. The van der Waals surface area contributed by atoms with Crippen LogP contribution in [0.4, 0.5) is 4.39 Å². The molecule has 0 aromatic heterocycles. The molecule has 1 fully saturated rings. The van der Waals surface area contributed by atoms with Gasteiger partial charge in [-0.15, -0.1) is 0 Å². The zero-order chi connectivity index (χ0) is 11.5. The zero-order valence-electron chi connectivity index (χ0n) is 10.3. The molecule has 0 saturated carbocycles. The molecule has 0 aromatic rings. The van der Waals surface area contributed by atoms with Crippen molar-refractivity contribution in [3.8, 4) is 0 Å². The lowest BCUT2D eigenvalue weighted by molar-refractivity contribution is 0.0240. The number of hydrogen-bond acceptors (Lipinski definition) is 2. The molecular formula is C12H25FN2. The largest absolute Gasteiger partial charge is 0.326 e. The van der Waals surface area contributed by atoms with Crippen LogP contribution in [0.1, 0.15) is 46.5 Å². The summed E-state index contributed by atoms with van der Waals surface area (Å²) in [5, 5.41) is 0. The van der Waals surface area contributed by atoms with Gasteiger partial charge in [0.2, 0.25) is 0 Å². The molecule has 1 aliphatic rings. The number of piperidine rings is 1. The molecule has 1 aliphatic heterocycles. The van der Waals surface area contributed by atoms with Crippen LogP contribution in [0.3, 0.4) is 0 Å². The molecule has 90 valence electrons. The molecule has 15 heavy (non-hydrogen) atoms. The van der Waals surface area contributed by atoms with E-state index in [2.05, 4.69) is 25.7 Å². The molecular weight excluding hydrogens is 191 g/mol. The molecule has 3 heteroatoms. The summed E-state index contributed by atoms with van der Waals surface area (Å²) in [6, 6.07) is 0.0106. The van der Waals surface area contributed by atoms with Gasteiger partial charge >= 0.3 is 0 Å². The van der Waals surface area contributed by atoms with Crippen molar-refractivity contribution < 1.29 is 4.39 Å². The van der Waals surface area contributed by atoms with Gasteiger partial charge in [-0.2, -0.15) is 0 Å². The second-order valence-electron chi connectivity index (χ2n) is 5.10. The molecule has 3 atom stereocenters. The average molecular weight is 216 g/mol. The van der Waals surface area contributed by atoms with E-state index in [4.69, 9.17) is 5.73 Å². The third-order valence-electron chi connectivity index (χ3n) is 3.75. The smallest absolute Gasteiger partial charge is 0.114 e. The average Bonchev–Trinajstić information content (AvgIpc) is 2.16. The van der Waals surface area contributed by atoms with Crippen LogP contribution in [0.2, 0.25) is 0 Å². The van der Waals surface area contributed by atoms with Crippen molar-refractivity contribution in [3.05, 3.63) is 0 Å². The molecule has 0 radical (unpaired) electrons. The van der Waals surface area contributed by atoms with Gasteiger partial charge in [-0.3, -0.25) is 4.90 Å². The maximum Gasteiger partial charge on any atom is 0.114 e. The summed E-state index contributed by atoms with van der Waals surface area (Å²) in [5.74, 6) is 0. The molecule has 1 rings (SSSR count). The number of halogens is 1. The predicted octanol–water partition coefficient (Wildman–Crippen LogP) is 2.33. The quantitative estimate of drug-likeness (QED) is 0.781. The lowest BCUT2D eigenvalue weighted by Crippen LogP contribution is -2.57. The fourth-order valence-corrected chi connectivity index (χ4v) is 2.61. The molecule has 0 aromatic carbocycles. The van der Waals surface area contributed by atoms with Crippen LogP contribution in [0.25, 0.3) is 0 Å². The molecule has 0 spiro atoms. The lowest BCUT2D eigenvalue weighted by atomic mass is 9.88. The first kappa shape index (κ1) is 12.9. The number of nitrogens with zero attached hydrogens (tertiary/aromatic N) is 1. The Morgan fingerprint density at radius 2 is 2.07 bits per heavy atom. The van der Waals surface area contributed by atoms with Crippen LogP contribution in [0, 0.1) is 0 Å². The van der Waals surface area contributed by atoms with Gasteiger partial charge in [0.15, 0.2) is 0 Å². The fraction of sp³-hybridized carbons (Fsp3) is 1.00. The van der Waals surface area contributed by atoms with E-state index in [1.807, 2.05) is 0 Å². The van der Waals surface area contributed by atoms with Crippen LogP contribution in [0.5, 0.6) is 0 Å². The summed E-state index contributed by atoms with van der Waals surface area (Å²) >= 11 is 0. The Labute approximate surface area is 93.0 Å². The van der Waals surface area contributed by atoms with Crippen molar-refractivity contribution in [3.63, 3.8) is 0 Å². The van der Waals surface area contributed by atoms with Crippen LogP contribution >= 0.6 is 0 Å². The van der Waals surface area contributed by atoms with E-state index in [1.54, 1.807) is 0 Å². The first-order chi connectivity index (χ1) is 7.01. The van der Waals surface area contributed by atoms with Crippen molar-refractivity contribution >= 4 is 0 Å². The van der Waals surface area contributed by atoms with Crippen LogP contribution in [0.15, 0.2) is 0 Å². The van der Waals surface area contributed by atoms with Crippen molar-refractivity contribution in [1.82, 2.24) is 4.90 Å². The normalized spacial score (nSPS) is 32.6. The predicted molar refractivity (Wildman–Crippen MR) is 62.7 cm³/mol. The molecule has 1 heterocycles. The number of likely N-dealkylation sites (tertiary alicyclic amines) is 1. The second-order valence-corrected chi connectivity index (χ2v) is 5.10. The van der Waals surface area contributed by atoms with Gasteiger partial charge in [-0.25, -0.2) is 4.39 Å². The minimum absolute atomic E-state index is 0.0106. The van der Waals surface area contributed by atoms with Gasteiger partial charge < -0.3 is 5.73 Å². The highest BCUT2D eigenvalue weighted by Gasteiger charge is 2.35. The van der Waals surface area contributed by atoms with E-state index < -0.39 is 6.17 Å². The van der Waals surface area contributed by atoms with Gasteiger partial charge in [0.25, 0.3) is 0 Å². The Morgan fingerprint density at radius 1 is 1.40 bits per heavy atom. The van der Waals surface area contributed by atoms with E-state index in [1.165, 1.54) is 0 Å². The molecule has 1 saturated heterocycles. The van der Waals surface area contributed by atoms with Crippen molar-refractivity contribution in [1.29, 1.82) is 0 Å². The van der Waals surface area contributed by atoms with E-state index in [-0.39, 0.29) is 11.6 Å². The summed E-state index contributed by atoms with van der Waals surface area (Å²) in [5.41, 5.74) is 6.02. The Morgan fingerprint density at radius 3 is 2.53 bits per heavy atom. The number of hydrogen-bond donors (Lipinski definition) is 1. The van der Waals surface area contributed by atoms with E-state index >= 15 is 0 Å². The van der Waals surface area contributed by atoms with Crippen LogP contribution in [-0.2, 0) is 0 Å². The highest BCUT2D eigenvalue weighted by Crippen LogP contribution is 2.28. The van der Waals surface area contributed by atoms with Crippen LogP contribution in [-0.4, -0.2) is 35.7 Å². The lowest BCUT2D eigenvalue weighted by Gasteiger charge is -2.45.